The van der Waals surface area contributed by atoms with Gasteiger partial charge in [-0.05, 0) is 32.1 Å². The Labute approximate surface area is 129 Å². The van der Waals surface area contributed by atoms with Crippen LogP contribution in [0.15, 0.2) is 0 Å². The second-order valence-corrected chi connectivity index (χ2v) is 8.21. The molecule has 1 aromatic rings. The zero-order chi connectivity index (χ0) is 15.8. The molecule has 0 radical (unpaired) electrons. The third kappa shape index (κ3) is 3.77. The fourth-order valence-electron chi connectivity index (χ4n) is 2.60. The van der Waals surface area contributed by atoms with Crippen LogP contribution in [0.4, 0.5) is 0 Å². The number of hydrogen-bond acceptors (Lipinski definition) is 4. The molecule has 6 nitrogen and oxygen atoms in total. The van der Waals surface area contributed by atoms with Crippen molar-refractivity contribution in [2.45, 2.75) is 45.4 Å². The van der Waals surface area contributed by atoms with Crippen LogP contribution in [0.3, 0.4) is 0 Å². The van der Waals surface area contributed by atoms with E-state index < -0.39 is 21.2 Å². The van der Waals surface area contributed by atoms with E-state index in [1.807, 2.05) is 6.92 Å². The predicted octanol–water partition coefficient (Wildman–Crippen LogP) is 2.03. The Morgan fingerprint density at radius 2 is 2.10 bits per heavy atom. The summed E-state index contributed by atoms with van der Waals surface area (Å²) in [7, 11) is -3.43. The van der Waals surface area contributed by atoms with Gasteiger partial charge in [0.05, 0.1) is 34.3 Å². The van der Waals surface area contributed by atoms with Crippen LogP contribution >= 0.6 is 11.6 Å². The average Bonchev–Trinajstić information content (AvgIpc) is 3.03. The monoisotopic (exact) mass is 334 g/mol. The quantitative estimate of drug-likeness (QED) is 0.824. The number of aryl methyl sites for hydroxylation is 2. The Balaban J connectivity index is 2.17. The first-order chi connectivity index (χ1) is 9.68. The summed E-state index contributed by atoms with van der Waals surface area (Å²) >= 11 is 6.13. The van der Waals surface area contributed by atoms with Crippen molar-refractivity contribution < 1.29 is 18.3 Å². The smallest absolute Gasteiger partial charge is 0.303 e. The van der Waals surface area contributed by atoms with Crippen LogP contribution in [0.2, 0.25) is 5.02 Å². The fraction of sp³-hybridized carbons (Fsp3) is 0.692. The molecular formula is C13H19ClN2O4S. The predicted molar refractivity (Wildman–Crippen MR) is 79.1 cm³/mol. The van der Waals surface area contributed by atoms with Crippen LogP contribution in [-0.2, 0) is 26.9 Å². The molecule has 1 fully saturated rings. The molecule has 0 spiro atoms. The Morgan fingerprint density at radius 1 is 1.48 bits per heavy atom. The molecule has 0 atom stereocenters. The number of aromatic nitrogens is 2. The molecule has 0 bridgehead atoms. The fourth-order valence-corrected chi connectivity index (χ4v) is 5.02. The molecule has 1 heterocycles. The number of carboxylic acid groups (broad SMARTS) is 1. The van der Waals surface area contributed by atoms with Crippen molar-refractivity contribution in [2.24, 2.45) is 5.41 Å². The van der Waals surface area contributed by atoms with Crippen LogP contribution in [0, 0.1) is 12.3 Å². The minimum absolute atomic E-state index is 0.0912. The summed E-state index contributed by atoms with van der Waals surface area (Å²) in [6.07, 6.45) is 1.21. The van der Waals surface area contributed by atoms with Gasteiger partial charge in [0, 0.05) is 6.54 Å². The molecule has 1 saturated carbocycles. The number of rotatable bonds is 7. The molecule has 1 aliphatic carbocycles. The van der Waals surface area contributed by atoms with Gasteiger partial charge in [-0.1, -0.05) is 11.6 Å². The minimum atomic E-state index is -3.43. The minimum Gasteiger partial charge on any atom is -0.481 e. The van der Waals surface area contributed by atoms with Crippen LogP contribution < -0.4 is 0 Å². The number of carboxylic acids is 1. The maximum absolute atomic E-state index is 12.4. The second-order valence-electron chi connectivity index (χ2n) is 5.76. The first-order valence-electron chi connectivity index (χ1n) is 6.82. The van der Waals surface area contributed by atoms with Gasteiger partial charge in [-0.15, -0.1) is 0 Å². The van der Waals surface area contributed by atoms with E-state index in [1.165, 1.54) is 0 Å². The van der Waals surface area contributed by atoms with E-state index in [4.69, 9.17) is 16.7 Å². The standard InChI is InChI=1S/C13H19ClN2O4S/c1-3-16-10(12(14)9(2)15-16)7-21(19,20)8-13(4-5-13)6-11(17)18/h3-8H2,1-2H3,(H,17,18). The lowest BCUT2D eigenvalue weighted by molar-refractivity contribution is -0.138. The van der Waals surface area contributed by atoms with Gasteiger partial charge < -0.3 is 5.11 Å². The molecule has 2 rings (SSSR count). The van der Waals surface area contributed by atoms with E-state index >= 15 is 0 Å². The Morgan fingerprint density at radius 3 is 2.57 bits per heavy atom. The molecule has 1 aromatic heterocycles. The van der Waals surface area contributed by atoms with E-state index in [-0.39, 0.29) is 17.9 Å². The lowest BCUT2D eigenvalue weighted by Crippen LogP contribution is -2.22. The summed E-state index contributed by atoms with van der Waals surface area (Å²) in [5.74, 6) is -1.24. The third-order valence-electron chi connectivity index (χ3n) is 3.82. The van der Waals surface area contributed by atoms with Gasteiger partial charge in [-0.25, -0.2) is 8.42 Å². The van der Waals surface area contributed by atoms with Crippen LogP contribution in [-0.4, -0.2) is 35.0 Å². The van der Waals surface area contributed by atoms with Crippen LogP contribution in [0.5, 0.6) is 0 Å². The lowest BCUT2D eigenvalue weighted by Gasteiger charge is -2.13. The first kappa shape index (κ1) is 16.3. The molecule has 118 valence electrons. The van der Waals surface area contributed by atoms with Crippen LogP contribution in [0.25, 0.3) is 0 Å². The third-order valence-corrected chi connectivity index (χ3v) is 6.08. The highest BCUT2D eigenvalue weighted by Crippen LogP contribution is 2.50. The second kappa shape index (κ2) is 5.61. The van der Waals surface area contributed by atoms with Crippen molar-refractivity contribution in [3.63, 3.8) is 0 Å². The molecule has 1 N–H and O–H groups in total. The normalized spacial score (nSPS) is 16.9. The summed E-state index contributed by atoms with van der Waals surface area (Å²) < 4.78 is 26.3. The van der Waals surface area contributed by atoms with Crippen LogP contribution in [0.1, 0.15) is 37.6 Å². The van der Waals surface area contributed by atoms with Crippen molar-refractivity contribution in [1.82, 2.24) is 9.78 Å². The van der Waals surface area contributed by atoms with Crippen molar-refractivity contribution in [1.29, 1.82) is 0 Å². The van der Waals surface area contributed by atoms with Crippen molar-refractivity contribution in [2.75, 3.05) is 5.75 Å². The number of carbonyl (C=O) groups is 1. The topological polar surface area (TPSA) is 89.3 Å². The summed E-state index contributed by atoms with van der Waals surface area (Å²) in [6.45, 7) is 4.14. The highest BCUT2D eigenvalue weighted by Gasteiger charge is 2.47. The highest BCUT2D eigenvalue weighted by atomic mass is 35.5. The van der Waals surface area contributed by atoms with Crippen molar-refractivity contribution >= 4 is 27.4 Å². The van der Waals surface area contributed by atoms with Gasteiger partial charge in [0.25, 0.3) is 0 Å². The van der Waals surface area contributed by atoms with Gasteiger partial charge in [0.15, 0.2) is 9.84 Å². The molecule has 1 aliphatic rings. The number of hydrogen-bond donors (Lipinski definition) is 1. The van der Waals surface area contributed by atoms with Gasteiger partial charge in [-0.2, -0.15) is 5.10 Å². The van der Waals surface area contributed by atoms with Gasteiger partial charge >= 0.3 is 5.97 Å². The molecule has 8 heteroatoms. The summed E-state index contributed by atoms with van der Waals surface area (Å²) in [5.41, 5.74) is 0.515. The maximum atomic E-state index is 12.4. The molecule has 0 saturated heterocycles. The zero-order valence-corrected chi connectivity index (χ0v) is 13.7. The van der Waals surface area contributed by atoms with E-state index in [9.17, 15) is 13.2 Å². The summed E-state index contributed by atoms with van der Waals surface area (Å²) in [4.78, 5) is 10.8. The maximum Gasteiger partial charge on any atom is 0.303 e. The highest BCUT2D eigenvalue weighted by molar-refractivity contribution is 7.90. The molecule has 21 heavy (non-hydrogen) atoms. The van der Waals surface area contributed by atoms with E-state index in [0.29, 0.717) is 35.8 Å². The summed E-state index contributed by atoms with van der Waals surface area (Å²) in [5, 5.41) is 13.5. The summed E-state index contributed by atoms with van der Waals surface area (Å²) in [6, 6.07) is 0. The SMILES string of the molecule is CCn1nc(C)c(Cl)c1CS(=O)(=O)CC1(CC(=O)O)CC1. The van der Waals surface area contributed by atoms with Gasteiger partial charge in [0.1, 0.15) is 0 Å². The Kier molecular flexibility index (Phi) is 4.35. The van der Waals surface area contributed by atoms with Crippen molar-refractivity contribution in [3.8, 4) is 0 Å². The van der Waals surface area contributed by atoms with E-state index in [0.717, 1.165) is 0 Å². The first-order valence-corrected chi connectivity index (χ1v) is 9.02. The van der Waals surface area contributed by atoms with Crippen molar-refractivity contribution in [3.05, 3.63) is 16.4 Å². The van der Waals surface area contributed by atoms with E-state index in [1.54, 1.807) is 11.6 Å². The van der Waals surface area contributed by atoms with E-state index in [2.05, 4.69) is 5.10 Å². The average molecular weight is 335 g/mol. The number of halogens is 1. The number of sulfone groups is 1. The largest absolute Gasteiger partial charge is 0.481 e. The molecule has 0 aliphatic heterocycles. The Hall–Kier alpha value is -1.08. The Bertz CT molecular complexity index is 662. The lowest BCUT2D eigenvalue weighted by atomic mass is 10.1. The zero-order valence-electron chi connectivity index (χ0n) is 12.1. The number of nitrogens with zero attached hydrogens (tertiary/aromatic N) is 2. The molecule has 0 aromatic carbocycles. The number of aliphatic carboxylic acids is 1. The molecule has 0 amide bonds. The molecular weight excluding hydrogens is 316 g/mol. The van der Waals surface area contributed by atoms with Gasteiger partial charge in [0.2, 0.25) is 0 Å². The molecule has 0 unspecified atom stereocenters. The van der Waals surface area contributed by atoms with Gasteiger partial charge in [-0.3, -0.25) is 9.48 Å².